The van der Waals surface area contributed by atoms with Crippen molar-refractivity contribution in [1.82, 2.24) is 20.2 Å². The van der Waals surface area contributed by atoms with Gasteiger partial charge in [-0.1, -0.05) is 6.07 Å². The minimum atomic E-state index is 0.119. The molecule has 0 radical (unpaired) electrons. The van der Waals surface area contributed by atoms with Crippen LogP contribution in [0.15, 0.2) is 30.6 Å². The van der Waals surface area contributed by atoms with E-state index >= 15 is 0 Å². The fourth-order valence-electron chi connectivity index (χ4n) is 2.13. The third-order valence-electron chi connectivity index (χ3n) is 3.24. The summed E-state index contributed by atoms with van der Waals surface area (Å²) < 4.78 is 1.89. The van der Waals surface area contributed by atoms with Crippen molar-refractivity contribution in [1.29, 1.82) is 0 Å². The second-order valence-corrected chi connectivity index (χ2v) is 4.38. The molecule has 1 unspecified atom stereocenters. The Morgan fingerprint density at radius 1 is 1.39 bits per heavy atom. The summed E-state index contributed by atoms with van der Waals surface area (Å²) >= 11 is 0. The van der Waals surface area contributed by atoms with Gasteiger partial charge in [0.15, 0.2) is 0 Å². The zero-order valence-corrected chi connectivity index (χ0v) is 10.8. The highest BCUT2D eigenvalue weighted by Gasteiger charge is 2.13. The zero-order chi connectivity index (χ0) is 13.0. The lowest BCUT2D eigenvalue weighted by atomic mass is 10.0. The van der Waals surface area contributed by atoms with E-state index in [1.165, 1.54) is 5.69 Å². The van der Waals surface area contributed by atoms with Gasteiger partial charge < -0.3 is 0 Å². The van der Waals surface area contributed by atoms with Crippen LogP contribution in [0.25, 0.3) is 0 Å². The lowest BCUT2D eigenvalue weighted by Gasteiger charge is -2.17. The molecule has 0 bridgehead atoms. The molecular formula is C13H19N5. The zero-order valence-electron chi connectivity index (χ0n) is 10.8. The first-order valence-electron chi connectivity index (χ1n) is 6.07. The summed E-state index contributed by atoms with van der Waals surface area (Å²) in [7, 11) is 1.95. The van der Waals surface area contributed by atoms with E-state index in [9.17, 15) is 0 Å². The van der Waals surface area contributed by atoms with Crippen LogP contribution in [0.3, 0.4) is 0 Å². The van der Waals surface area contributed by atoms with Crippen LogP contribution in [0.2, 0.25) is 0 Å². The summed E-state index contributed by atoms with van der Waals surface area (Å²) in [5.41, 5.74) is 6.25. The Kier molecular flexibility index (Phi) is 4.07. The van der Waals surface area contributed by atoms with Gasteiger partial charge in [-0.15, -0.1) is 0 Å². The van der Waals surface area contributed by atoms with Crippen LogP contribution < -0.4 is 11.3 Å². The van der Waals surface area contributed by atoms with E-state index in [0.717, 1.165) is 24.1 Å². The summed E-state index contributed by atoms with van der Waals surface area (Å²) in [4.78, 5) is 4.30. The van der Waals surface area contributed by atoms with Crippen LogP contribution in [-0.2, 0) is 13.5 Å². The molecule has 2 aromatic heterocycles. The number of pyridine rings is 1. The molecule has 5 nitrogen and oxygen atoms in total. The van der Waals surface area contributed by atoms with Gasteiger partial charge in [0.2, 0.25) is 0 Å². The number of aromatic nitrogens is 3. The number of hydrogen-bond donors (Lipinski definition) is 2. The molecule has 2 aromatic rings. The molecule has 0 aliphatic rings. The average Bonchev–Trinajstić information content (AvgIpc) is 2.78. The second kappa shape index (κ2) is 5.75. The lowest BCUT2D eigenvalue weighted by molar-refractivity contribution is 0.503. The summed E-state index contributed by atoms with van der Waals surface area (Å²) in [6.45, 7) is 2.00. The number of hydrogen-bond acceptors (Lipinski definition) is 4. The Morgan fingerprint density at radius 3 is 2.83 bits per heavy atom. The maximum Gasteiger partial charge on any atom is 0.0492 e. The first kappa shape index (κ1) is 12.7. The first-order valence-corrected chi connectivity index (χ1v) is 6.07. The van der Waals surface area contributed by atoms with Crippen LogP contribution in [-0.4, -0.2) is 14.8 Å². The molecule has 0 aliphatic heterocycles. The third-order valence-corrected chi connectivity index (χ3v) is 3.24. The number of nitrogens with zero attached hydrogens (tertiary/aromatic N) is 3. The Labute approximate surface area is 107 Å². The van der Waals surface area contributed by atoms with Crippen LogP contribution in [0.5, 0.6) is 0 Å². The molecule has 0 aromatic carbocycles. The van der Waals surface area contributed by atoms with Gasteiger partial charge in [0.1, 0.15) is 0 Å². The minimum Gasteiger partial charge on any atom is -0.273 e. The Bertz CT molecular complexity index is 506. The van der Waals surface area contributed by atoms with E-state index in [-0.39, 0.29) is 6.04 Å². The van der Waals surface area contributed by atoms with Gasteiger partial charge in [-0.05, 0) is 37.5 Å². The van der Waals surface area contributed by atoms with Crippen molar-refractivity contribution in [2.75, 3.05) is 0 Å². The van der Waals surface area contributed by atoms with Gasteiger partial charge in [-0.2, -0.15) is 5.10 Å². The van der Waals surface area contributed by atoms with Gasteiger partial charge in [0.05, 0.1) is 0 Å². The van der Waals surface area contributed by atoms with E-state index in [0.29, 0.717) is 0 Å². The standard InChI is InChI=1S/C13H19N5/c1-10-12(4-3-8-15-10)13(17-14)6-5-11-7-9-16-18(11)2/h3-4,7-9,13,17H,5-6,14H2,1-2H3. The van der Waals surface area contributed by atoms with Crippen molar-refractivity contribution in [2.45, 2.75) is 25.8 Å². The number of nitrogens with one attached hydrogen (secondary N) is 1. The molecule has 96 valence electrons. The molecular weight excluding hydrogens is 226 g/mol. The molecule has 0 fully saturated rings. The number of hydrazine groups is 1. The molecule has 0 amide bonds. The smallest absolute Gasteiger partial charge is 0.0492 e. The molecule has 3 N–H and O–H groups in total. The SMILES string of the molecule is Cc1ncccc1C(CCc1ccnn1C)NN. The predicted molar refractivity (Wildman–Crippen MR) is 70.6 cm³/mol. The van der Waals surface area contributed by atoms with Gasteiger partial charge >= 0.3 is 0 Å². The largest absolute Gasteiger partial charge is 0.273 e. The number of nitrogens with two attached hydrogens (primary N) is 1. The van der Waals surface area contributed by atoms with Crippen molar-refractivity contribution in [2.24, 2.45) is 12.9 Å². The van der Waals surface area contributed by atoms with Gasteiger partial charge in [0.25, 0.3) is 0 Å². The average molecular weight is 245 g/mol. The quantitative estimate of drug-likeness (QED) is 0.614. The van der Waals surface area contributed by atoms with Gasteiger partial charge in [0, 0.05) is 36.9 Å². The van der Waals surface area contributed by atoms with Crippen molar-refractivity contribution < 1.29 is 0 Å². The van der Waals surface area contributed by atoms with Crippen molar-refractivity contribution in [3.05, 3.63) is 47.5 Å². The molecule has 1 atom stereocenters. The van der Waals surface area contributed by atoms with E-state index in [1.807, 2.05) is 37.0 Å². The van der Waals surface area contributed by atoms with E-state index in [2.05, 4.69) is 21.6 Å². The first-order chi connectivity index (χ1) is 8.72. The van der Waals surface area contributed by atoms with Crippen molar-refractivity contribution in [3.8, 4) is 0 Å². The lowest BCUT2D eigenvalue weighted by Crippen LogP contribution is -2.29. The van der Waals surface area contributed by atoms with E-state index in [1.54, 1.807) is 6.20 Å². The Balaban J connectivity index is 2.07. The highest BCUT2D eigenvalue weighted by molar-refractivity contribution is 5.22. The highest BCUT2D eigenvalue weighted by atomic mass is 15.3. The predicted octanol–water partition coefficient (Wildman–Crippen LogP) is 1.26. The second-order valence-electron chi connectivity index (χ2n) is 4.38. The topological polar surface area (TPSA) is 68.8 Å². The fourth-order valence-corrected chi connectivity index (χ4v) is 2.13. The Hall–Kier alpha value is -1.72. The monoisotopic (exact) mass is 245 g/mol. The van der Waals surface area contributed by atoms with Crippen LogP contribution in [0.1, 0.15) is 29.4 Å². The van der Waals surface area contributed by atoms with Gasteiger partial charge in [-0.25, -0.2) is 0 Å². The minimum absolute atomic E-state index is 0.119. The summed E-state index contributed by atoms with van der Waals surface area (Å²) in [5.74, 6) is 5.65. The van der Waals surface area contributed by atoms with Crippen molar-refractivity contribution >= 4 is 0 Å². The molecule has 5 heteroatoms. The number of rotatable bonds is 5. The van der Waals surface area contributed by atoms with Gasteiger partial charge in [-0.3, -0.25) is 20.9 Å². The normalized spacial score (nSPS) is 12.6. The summed E-state index contributed by atoms with van der Waals surface area (Å²) in [6.07, 6.45) is 5.46. The Morgan fingerprint density at radius 2 is 2.22 bits per heavy atom. The molecule has 0 aliphatic carbocycles. The van der Waals surface area contributed by atoms with Crippen LogP contribution in [0.4, 0.5) is 0 Å². The van der Waals surface area contributed by atoms with E-state index in [4.69, 9.17) is 5.84 Å². The van der Waals surface area contributed by atoms with E-state index < -0.39 is 0 Å². The molecule has 2 heterocycles. The summed E-state index contributed by atoms with van der Waals surface area (Å²) in [6, 6.07) is 6.16. The molecule has 0 saturated carbocycles. The molecule has 0 saturated heterocycles. The number of aryl methyl sites for hydroxylation is 3. The van der Waals surface area contributed by atoms with Crippen molar-refractivity contribution in [3.63, 3.8) is 0 Å². The summed E-state index contributed by atoms with van der Waals surface area (Å²) in [5, 5.41) is 4.16. The van der Waals surface area contributed by atoms with Crippen LogP contribution >= 0.6 is 0 Å². The molecule has 2 rings (SSSR count). The third kappa shape index (κ3) is 2.75. The maximum atomic E-state index is 5.65. The molecule has 0 spiro atoms. The van der Waals surface area contributed by atoms with Crippen LogP contribution in [0, 0.1) is 6.92 Å². The molecule has 18 heavy (non-hydrogen) atoms. The highest BCUT2D eigenvalue weighted by Crippen LogP contribution is 2.20. The maximum absolute atomic E-state index is 5.65. The fraction of sp³-hybridized carbons (Fsp3) is 0.385.